The molecular weight excluding hydrogens is 182 g/mol. The van der Waals surface area contributed by atoms with Gasteiger partial charge in [0.15, 0.2) is 0 Å². The molecule has 1 amide bonds. The zero-order valence-electron chi connectivity index (χ0n) is 5.81. The average molecular weight is 187 g/mol. The molecule has 7 heteroatoms. The maximum atomic E-state index is 10.6. The van der Waals surface area contributed by atoms with Crippen LogP contribution in [0.15, 0.2) is 6.07 Å². The van der Waals surface area contributed by atoms with Crippen LogP contribution in [0.2, 0.25) is 0 Å². The Labute approximate surface area is 70.9 Å². The number of amides is 1. The lowest BCUT2D eigenvalue weighted by molar-refractivity contribution is -0.380. The van der Waals surface area contributed by atoms with Gasteiger partial charge in [-0.1, -0.05) is 0 Å². The number of nitrogen functional groups attached to an aromatic ring is 1. The predicted octanol–water partition coefficient (Wildman–Crippen LogP) is 0.337. The van der Waals surface area contributed by atoms with Crippen molar-refractivity contribution in [1.82, 2.24) is 0 Å². The molecule has 0 fully saturated rings. The van der Waals surface area contributed by atoms with Crippen molar-refractivity contribution in [2.45, 2.75) is 0 Å². The number of carbonyl (C=O) groups is 1. The van der Waals surface area contributed by atoms with E-state index in [1.165, 1.54) is 0 Å². The van der Waals surface area contributed by atoms with Gasteiger partial charge in [-0.05, 0) is 11.3 Å². The molecule has 0 aromatic carbocycles. The second kappa shape index (κ2) is 2.78. The molecule has 64 valence electrons. The van der Waals surface area contributed by atoms with E-state index in [0.29, 0.717) is 0 Å². The first-order chi connectivity index (χ1) is 5.52. The van der Waals surface area contributed by atoms with Gasteiger partial charge in [0.1, 0.15) is 5.00 Å². The predicted molar refractivity (Wildman–Crippen MR) is 43.9 cm³/mol. The molecule has 12 heavy (non-hydrogen) atoms. The summed E-state index contributed by atoms with van der Waals surface area (Å²) in [5.74, 6) is -0.753. The molecule has 0 saturated heterocycles. The van der Waals surface area contributed by atoms with Gasteiger partial charge in [-0.25, -0.2) is 0 Å². The Bertz CT molecular complexity index is 346. The fourth-order valence-electron chi connectivity index (χ4n) is 0.674. The fraction of sp³-hybridized carbons (Fsp3) is 0. The van der Waals surface area contributed by atoms with Crippen molar-refractivity contribution in [3.05, 3.63) is 21.7 Å². The van der Waals surface area contributed by atoms with Gasteiger partial charge in [-0.3, -0.25) is 14.9 Å². The highest BCUT2D eigenvalue weighted by atomic mass is 32.1. The molecule has 0 radical (unpaired) electrons. The first kappa shape index (κ1) is 8.47. The van der Waals surface area contributed by atoms with Gasteiger partial charge in [0.2, 0.25) is 0 Å². The van der Waals surface area contributed by atoms with E-state index in [1.54, 1.807) is 0 Å². The summed E-state index contributed by atoms with van der Waals surface area (Å²) in [4.78, 5) is 20.2. The minimum absolute atomic E-state index is 0.00620. The number of nitrogens with zero attached hydrogens (tertiary/aromatic N) is 1. The van der Waals surface area contributed by atoms with Crippen molar-refractivity contribution in [1.29, 1.82) is 0 Å². The van der Waals surface area contributed by atoms with E-state index in [9.17, 15) is 14.9 Å². The molecule has 0 bridgehead atoms. The maximum absolute atomic E-state index is 10.6. The lowest BCUT2D eigenvalue weighted by Crippen LogP contribution is -2.11. The number of nitro groups is 1. The molecule has 0 aliphatic carbocycles. The zero-order chi connectivity index (χ0) is 9.30. The molecule has 0 atom stereocenters. The van der Waals surface area contributed by atoms with Crippen LogP contribution in [0.4, 0.5) is 10.0 Å². The van der Waals surface area contributed by atoms with Crippen molar-refractivity contribution in [2.24, 2.45) is 5.73 Å². The van der Waals surface area contributed by atoms with Gasteiger partial charge in [0, 0.05) is 6.07 Å². The van der Waals surface area contributed by atoms with Gasteiger partial charge in [-0.2, -0.15) is 0 Å². The van der Waals surface area contributed by atoms with Crippen LogP contribution in [0, 0.1) is 10.1 Å². The molecule has 0 aliphatic heterocycles. The summed E-state index contributed by atoms with van der Waals surface area (Å²) in [7, 11) is 0. The molecule has 1 rings (SSSR count). The van der Waals surface area contributed by atoms with Gasteiger partial charge in [0.05, 0.1) is 10.5 Å². The number of hydrogen-bond donors (Lipinski definition) is 2. The summed E-state index contributed by atoms with van der Waals surface area (Å²) in [5.41, 5.74) is 10.2. The minimum Gasteiger partial charge on any atom is -0.390 e. The second-order valence-corrected chi connectivity index (χ2v) is 3.05. The first-order valence-electron chi connectivity index (χ1n) is 2.86. The Hall–Kier alpha value is -1.63. The number of anilines is 1. The lowest BCUT2D eigenvalue weighted by Gasteiger charge is -1.87. The van der Waals surface area contributed by atoms with Crippen molar-refractivity contribution >= 4 is 27.2 Å². The SMILES string of the molecule is NC(=O)c1cc([N+](=O)[O-])sc1N. The van der Waals surface area contributed by atoms with Gasteiger partial charge in [-0.15, -0.1) is 0 Å². The van der Waals surface area contributed by atoms with E-state index in [4.69, 9.17) is 11.5 Å². The number of primary amides is 1. The van der Waals surface area contributed by atoms with E-state index in [0.717, 1.165) is 17.4 Å². The molecular formula is C5H5N3O3S. The standard InChI is InChI=1S/C5H5N3O3S/c6-4(9)2-1-3(8(10)11)12-5(2)7/h1H,7H2,(H2,6,9). The summed E-state index contributed by atoms with van der Waals surface area (Å²) in [5, 5.41) is 10.1. The monoisotopic (exact) mass is 187 g/mol. The Morgan fingerprint density at radius 1 is 1.67 bits per heavy atom. The number of thiophene rings is 1. The Morgan fingerprint density at radius 3 is 2.50 bits per heavy atom. The summed E-state index contributed by atoms with van der Waals surface area (Å²) in [6.45, 7) is 0. The van der Waals surface area contributed by atoms with Crippen LogP contribution in [0.1, 0.15) is 10.4 Å². The van der Waals surface area contributed by atoms with Crippen LogP contribution < -0.4 is 11.5 Å². The Balaban J connectivity index is 3.17. The third-order valence-corrected chi connectivity index (χ3v) is 2.11. The van der Waals surface area contributed by atoms with E-state index >= 15 is 0 Å². The van der Waals surface area contributed by atoms with Crippen LogP contribution in [0.5, 0.6) is 0 Å². The topological polar surface area (TPSA) is 112 Å². The highest BCUT2D eigenvalue weighted by Gasteiger charge is 2.17. The number of nitrogens with two attached hydrogens (primary N) is 2. The number of carbonyl (C=O) groups excluding carboxylic acids is 1. The van der Waals surface area contributed by atoms with Gasteiger partial charge >= 0.3 is 5.00 Å². The second-order valence-electron chi connectivity index (χ2n) is 1.98. The van der Waals surface area contributed by atoms with Crippen LogP contribution in [0.25, 0.3) is 0 Å². The van der Waals surface area contributed by atoms with Crippen molar-refractivity contribution in [2.75, 3.05) is 5.73 Å². The summed E-state index contributed by atoms with van der Waals surface area (Å²) < 4.78 is 0. The molecule has 0 spiro atoms. The van der Waals surface area contributed by atoms with E-state index in [2.05, 4.69) is 0 Å². The van der Waals surface area contributed by atoms with E-state index in [-0.39, 0.29) is 15.6 Å². The Kier molecular flexibility index (Phi) is 1.96. The fourth-order valence-corrected chi connectivity index (χ4v) is 1.42. The molecule has 6 nitrogen and oxygen atoms in total. The van der Waals surface area contributed by atoms with Crippen molar-refractivity contribution in [3.8, 4) is 0 Å². The lowest BCUT2D eigenvalue weighted by atomic mass is 10.3. The molecule has 4 N–H and O–H groups in total. The molecule has 0 saturated carbocycles. The van der Waals surface area contributed by atoms with Crippen LogP contribution >= 0.6 is 11.3 Å². The highest BCUT2D eigenvalue weighted by molar-refractivity contribution is 7.19. The maximum Gasteiger partial charge on any atom is 0.326 e. The van der Waals surface area contributed by atoms with E-state index in [1.807, 2.05) is 0 Å². The average Bonchev–Trinajstić information content (AvgIpc) is 2.30. The Morgan fingerprint density at radius 2 is 2.25 bits per heavy atom. The van der Waals surface area contributed by atoms with Crippen LogP contribution in [0.3, 0.4) is 0 Å². The highest BCUT2D eigenvalue weighted by Crippen LogP contribution is 2.30. The largest absolute Gasteiger partial charge is 0.390 e. The van der Waals surface area contributed by atoms with Crippen molar-refractivity contribution < 1.29 is 9.72 Å². The smallest absolute Gasteiger partial charge is 0.326 e. The third-order valence-electron chi connectivity index (χ3n) is 1.19. The molecule has 1 heterocycles. The molecule has 1 aromatic rings. The molecule has 1 aromatic heterocycles. The van der Waals surface area contributed by atoms with Crippen molar-refractivity contribution in [3.63, 3.8) is 0 Å². The van der Waals surface area contributed by atoms with Gasteiger partial charge < -0.3 is 11.5 Å². The van der Waals surface area contributed by atoms with Crippen LogP contribution in [-0.2, 0) is 0 Å². The summed E-state index contributed by atoms with van der Waals surface area (Å²) in [6.07, 6.45) is 0. The normalized spacial score (nSPS) is 9.67. The zero-order valence-corrected chi connectivity index (χ0v) is 6.63. The first-order valence-corrected chi connectivity index (χ1v) is 3.67. The minimum atomic E-state index is -0.753. The molecule has 0 unspecified atom stereocenters. The summed E-state index contributed by atoms with van der Waals surface area (Å²) >= 11 is 0.729. The number of rotatable bonds is 2. The van der Waals surface area contributed by atoms with E-state index < -0.39 is 10.8 Å². The van der Waals surface area contributed by atoms with Gasteiger partial charge in [0.25, 0.3) is 5.91 Å². The quantitative estimate of drug-likeness (QED) is 0.513. The third kappa shape index (κ3) is 1.35. The molecule has 0 aliphatic rings. The summed E-state index contributed by atoms with van der Waals surface area (Å²) in [6, 6.07) is 1.07. The van der Waals surface area contributed by atoms with Crippen LogP contribution in [-0.4, -0.2) is 10.8 Å². The number of hydrogen-bond acceptors (Lipinski definition) is 5.